The van der Waals surface area contributed by atoms with Crippen molar-refractivity contribution in [3.05, 3.63) is 78.8 Å². The number of nitriles is 1. The Labute approximate surface area is 239 Å². The lowest BCUT2D eigenvalue weighted by Gasteiger charge is -2.17. The number of nitrogen functional groups attached to an aromatic ring is 1. The van der Waals surface area contributed by atoms with Gasteiger partial charge in [-0.25, -0.2) is 9.97 Å². The monoisotopic (exact) mass is 551 g/mol. The minimum atomic E-state index is -0.127. The summed E-state index contributed by atoms with van der Waals surface area (Å²) in [6, 6.07) is 19.3. The second-order valence-corrected chi connectivity index (χ2v) is 9.99. The summed E-state index contributed by atoms with van der Waals surface area (Å²) in [5.41, 5.74) is 8.87. The van der Waals surface area contributed by atoms with Crippen LogP contribution < -0.4 is 10.5 Å². The highest BCUT2D eigenvalue weighted by Gasteiger charge is 2.32. The number of nitrogens with two attached hydrogens (primary N) is 1. The molecule has 2 aromatic carbocycles. The van der Waals surface area contributed by atoms with Crippen LogP contribution in [0.4, 0.5) is 5.82 Å². The molecule has 0 radical (unpaired) electrons. The summed E-state index contributed by atoms with van der Waals surface area (Å²) in [5.74, 6) is 1.66. The molecular weight excluding hydrogens is 518 g/mol. The van der Waals surface area contributed by atoms with Crippen LogP contribution in [-0.2, 0) is 9.53 Å². The summed E-state index contributed by atoms with van der Waals surface area (Å²) in [5, 5.41) is 11.0. The number of anilines is 1. The van der Waals surface area contributed by atoms with Gasteiger partial charge in [0.2, 0.25) is 5.91 Å². The number of carbonyl (C=O) groups excluding carboxylic acids is 1. The predicted molar refractivity (Wildman–Crippen MR) is 157 cm³/mol. The molecule has 10 heteroatoms. The number of benzene rings is 2. The van der Waals surface area contributed by atoms with Crippen molar-refractivity contribution in [2.75, 3.05) is 52.7 Å². The van der Waals surface area contributed by atoms with Crippen LogP contribution in [0.5, 0.6) is 11.5 Å². The molecule has 5 rings (SSSR count). The van der Waals surface area contributed by atoms with Crippen LogP contribution in [0.25, 0.3) is 22.2 Å². The summed E-state index contributed by atoms with van der Waals surface area (Å²) in [6.07, 6.45) is 5.60. The lowest BCUT2D eigenvalue weighted by atomic mass is 10.0. The third kappa shape index (κ3) is 6.06. The van der Waals surface area contributed by atoms with E-state index in [1.165, 1.54) is 6.33 Å². The Balaban J connectivity index is 1.41. The number of para-hydroxylation sites is 1. The molecule has 1 saturated heterocycles. The maximum atomic E-state index is 12.9. The van der Waals surface area contributed by atoms with Gasteiger partial charge in [0.05, 0.1) is 18.0 Å². The molecule has 3 heterocycles. The van der Waals surface area contributed by atoms with Gasteiger partial charge in [-0.2, -0.15) is 5.26 Å². The molecule has 210 valence electrons. The molecule has 0 aliphatic carbocycles. The first-order valence-electron chi connectivity index (χ1n) is 13.5. The lowest BCUT2D eigenvalue weighted by molar-refractivity contribution is -0.125. The van der Waals surface area contributed by atoms with Gasteiger partial charge in [0, 0.05) is 44.9 Å². The van der Waals surface area contributed by atoms with Crippen molar-refractivity contribution in [3.63, 3.8) is 0 Å². The van der Waals surface area contributed by atoms with Gasteiger partial charge in [-0.3, -0.25) is 4.79 Å². The van der Waals surface area contributed by atoms with E-state index in [-0.39, 0.29) is 11.9 Å². The Morgan fingerprint density at radius 1 is 1.17 bits per heavy atom. The normalized spacial score (nSPS) is 15.2. The van der Waals surface area contributed by atoms with Gasteiger partial charge in [0.1, 0.15) is 41.1 Å². The van der Waals surface area contributed by atoms with Gasteiger partial charge in [0.15, 0.2) is 0 Å². The number of fused-ring (bicyclic) bond motifs is 1. The quantitative estimate of drug-likeness (QED) is 0.290. The van der Waals surface area contributed by atoms with Crippen LogP contribution in [0.15, 0.2) is 73.1 Å². The lowest BCUT2D eigenvalue weighted by Crippen LogP contribution is -2.28. The third-order valence-electron chi connectivity index (χ3n) is 7.24. The Hall–Kier alpha value is -4.72. The van der Waals surface area contributed by atoms with E-state index < -0.39 is 0 Å². The van der Waals surface area contributed by atoms with Crippen LogP contribution >= 0.6 is 0 Å². The summed E-state index contributed by atoms with van der Waals surface area (Å²) >= 11 is 0. The first-order chi connectivity index (χ1) is 20.0. The maximum absolute atomic E-state index is 12.9. The summed E-state index contributed by atoms with van der Waals surface area (Å²) < 4.78 is 13.0. The predicted octanol–water partition coefficient (Wildman–Crippen LogP) is 4.25. The molecule has 10 nitrogen and oxygen atoms in total. The number of likely N-dealkylation sites (N-methyl/N-ethyl adjacent to an activating group) is 1. The zero-order valence-electron chi connectivity index (χ0n) is 23.2. The molecule has 4 aromatic rings. The Morgan fingerprint density at radius 2 is 1.93 bits per heavy atom. The molecule has 0 unspecified atom stereocenters. The van der Waals surface area contributed by atoms with E-state index in [2.05, 4.69) is 20.9 Å². The highest BCUT2D eigenvalue weighted by atomic mass is 16.5. The van der Waals surface area contributed by atoms with E-state index in [4.69, 9.17) is 15.2 Å². The Morgan fingerprint density at radius 3 is 2.66 bits per heavy atom. The van der Waals surface area contributed by atoms with Gasteiger partial charge in [-0.15, -0.1) is 0 Å². The molecule has 2 N–H and O–H groups in total. The number of nitrogens with zero attached hydrogens (tertiary/aromatic N) is 6. The van der Waals surface area contributed by atoms with Crippen LogP contribution in [0.1, 0.15) is 18.2 Å². The number of carbonyl (C=O) groups is 1. The molecule has 2 aromatic heterocycles. The summed E-state index contributed by atoms with van der Waals surface area (Å²) in [7, 11) is 3.65. The van der Waals surface area contributed by atoms with Crippen LogP contribution in [0.2, 0.25) is 0 Å². The number of methoxy groups -OCH3 is 1. The number of amides is 1. The SMILES string of the molecule is COCCN(C)CC=CC(=O)N1CC[C@@H](n2c(C#N)c(-c3ccc(Oc4ccccc4)cc3)c3c(N)ncnc32)C1. The standard InChI is InChI=1S/C31H33N7O3/c1-36(17-18-40-2)15-6-9-27(39)37-16-14-23(20-37)38-26(19-32)28(29-30(33)34-21-35-31(29)38)22-10-12-25(13-11-22)41-24-7-4-3-5-8-24/h3-13,21,23H,14-18,20H2,1-2H3,(H2,33,34,35)/t23-/m1/s1. The first kappa shape index (κ1) is 27.8. The first-order valence-corrected chi connectivity index (χ1v) is 13.5. The molecule has 1 aliphatic rings. The van der Waals surface area contributed by atoms with Gasteiger partial charge in [-0.1, -0.05) is 36.4 Å². The van der Waals surface area contributed by atoms with E-state index in [1.54, 1.807) is 13.2 Å². The molecular formula is C31H33N7O3. The zero-order chi connectivity index (χ0) is 28.8. The largest absolute Gasteiger partial charge is 0.457 e. The molecule has 1 aliphatic heterocycles. The van der Waals surface area contributed by atoms with Gasteiger partial charge < -0.3 is 29.6 Å². The molecule has 0 bridgehead atoms. The third-order valence-corrected chi connectivity index (χ3v) is 7.24. The number of hydrogen-bond donors (Lipinski definition) is 1. The van der Waals surface area contributed by atoms with Crippen LogP contribution in [-0.4, -0.2) is 77.2 Å². The van der Waals surface area contributed by atoms with Crippen molar-refractivity contribution in [2.24, 2.45) is 0 Å². The van der Waals surface area contributed by atoms with Crippen molar-refractivity contribution < 1.29 is 14.3 Å². The van der Waals surface area contributed by atoms with Gasteiger partial charge in [0.25, 0.3) is 0 Å². The average Bonchev–Trinajstić information content (AvgIpc) is 3.60. The zero-order valence-corrected chi connectivity index (χ0v) is 23.2. The number of rotatable bonds is 10. The van der Waals surface area contributed by atoms with Crippen molar-refractivity contribution in [1.29, 1.82) is 5.26 Å². The number of likely N-dealkylation sites (tertiary alicyclic amines) is 1. The van der Waals surface area contributed by atoms with E-state index in [0.717, 1.165) is 17.9 Å². The van der Waals surface area contributed by atoms with Crippen molar-refractivity contribution in [2.45, 2.75) is 12.5 Å². The summed E-state index contributed by atoms with van der Waals surface area (Å²) in [6.45, 7) is 3.13. The van der Waals surface area contributed by atoms with Gasteiger partial charge in [-0.05, 0) is 43.3 Å². The van der Waals surface area contributed by atoms with E-state index in [0.29, 0.717) is 66.5 Å². The molecule has 41 heavy (non-hydrogen) atoms. The molecule has 1 fully saturated rings. The van der Waals surface area contributed by atoms with Crippen molar-refractivity contribution >= 4 is 22.8 Å². The minimum Gasteiger partial charge on any atom is -0.457 e. The fourth-order valence-corrected chi connectivity index (χ4v) is 5.15. The van der Waals surface area contributed by atoms with Crippen LogP contribution in [0.3, 0.4) is 0 Å². The highest BCUT2D eigenvalue weighted by Crippen LogP contribution is 2.40. The van der Waals surface area contributed by atoms with Crippen molar-refractivity contribution in [1.82, 2.24) is 24.3 Å². The molecule has 0 spiro atoms. The summed E-state index contributed by atoms with van der Waals surface area (Å²) in [4.78, 5) is 25.6. The fourth-order valence-electron chi connectivity index (χ4n) is 5.15. The van der Waals surface area contributed by atoms with E-state index in [9.17, 15) is 10.1 Å². The number of hydrogen-bond acceptors (Lipinski definition) is 8. The topological polar surface area (TPSA) is 123 Å². The molecule has 0 saturated carbocycles. The highest BCUT2D eigenvalue weighted by molar-refractivity contribution is 6.03. The Kier molecular flexibility index (Phi) is 8.58. The molecule has 1 atom stereocenters. The second-order valence-electron chi connectivity index (χ2n) is 9.99. The van der Waals surface area contributed by atoms with Crippen molar-refractivity contribution in [3.8, 4) is 28.7 Å². The van der Waals surface area contributed by atoms with Gasteiger partial charge >= 0.3 is 0 Å². The number of aromatic nitrogens is 3. The second kappa shape index (κ2) is 12.6. The minimum absolute atomic E-state index is 0.0500. The Bertz CT molecular complexity index is 1580. The van der Waals surface area contributed by atoms with Crippen LogP contribution in [0, 0.1) is 11.3 Å². The number of ether oxygens (including phenoxy) is 2. The molecule has 1 amide bonds. The maximum Gasteiger partial charge on any atom is 0.246 e. The van der Waals surface area contributed by atoms with E-state index >= 15 is 0 Å². The smallest absolute Gasteiger partial charge is 0.246 e. The van der Waals surface area contributed by atoms with E-state index in [1.807, 2.05) is 77.2 Å². The average molecular weight is 552 g/mol. The fraction of sp³-hybridized carbons (Fsp3) is 0.290.